The molecule has 0 aliphatic carbocycles. The first-order valence-corrected chi connectivity index (χ1v) is 8.12. The average molecular weight is 324 g/mol. The van der Waals surface area contributed by atoms with E-state index >= 15 is 0 Å². The van der Waals surface area contributed by atoms with Crippen molar-refractivity contribution < 1.29 is 9.59 Å². The molecule has 0 spiro atoms. The van der Waals surface area contributed by atoms with E-state index in [9.17, 15) is 9.59 Å². The van der Waals surface area contributed by atoms with Crippen LogP contribution >= 0.6 is 0 Å². The molecule has 1 N–H and O–H groups in total. The predicted octanol–water partition coefficient (Wildman–Crippen LogP) is 3.60. The minimum absolute atomic E-state index is 0.0759. The maximum absolute atomic E-state index is 11.8. The lowest BCUT2D eigenvalue weighted by Gasteiger charge is -2.29. The van der Waals surface area contributed by atoms with Crippen molar-refractivity contribution in [1.29, 1.82) is 0 Å². The highest BCUT2D eigenvalue weighted by Crippen LogP contribution is 2.30. The minimum Gasteiger partial charge on any atom is -0.330 e. The summed E-state index contributed by atoms with van der Waals surface area (Å²) in [7, 11) is 0. The molecule has 0 atom stereocenters. The summed E-state index contributed by atoms with van der Waals surface area (Å²) in [5.74, 6) is -0.0174. The summed E-state index contributed by atoms with van der Waals surface area (Å²) < 4.78 is 0. The molecule has 24 heavy (non-hydrogen) atoms. The molecule has 1 aliphatic heterocycles. The van der Waals surface area contributed by atoms with Crippen LogP contribution in [0, 0.1) is 0 Å². The maximum atomic E-state index is 11.8. The number of nitrogens with zero attached hydrogens (tertiary/aromatic N) is 1. The smallest absolute Gasteiger partial charge is 0.223 e. The maximum Gasteiger partial charge on any atom is 0.223 e. The summed E-state index contributed by atoms with van der Waals surface area (Å²) in [6.45, 7) is 9.50. The Balaban J connectivity index is 2.39. The van der Waals surface area contributed by atoms with Crippen molar-refractivity contribution in [3.05, 3.63) is 59.8 Å². The van der Waals surface area contributed by atoms with Crippen LogP contribution in [0.15, 0.2) is 48.7 Å². The van der Waals surface area contributed by atoms with Crippen molar-refractivity contribution in [2.45, 2.75) is 33.6 Å². The molecule has 1 aromatic rings. The highest BCUT2D eigenvalue weighted by Gasteiger charge is 2.20. The van der Waals surface area contributed by atoms with E-state index in [1.807, 2.05) is 36.1 Å². The number of carbonyl (C=O) groups excluding carboxylic acids is 2. The molecular formula is C20H24N2O2. The SMILES string of the molecule is C=C/C=C(\C=C(/C)NC(C)=O)c1ccc2c(c1)CCCN2C(C)=O. The second-order valence-corrected chi connectivity index (χ2v) is 5.98. The fourth-order valence-corrected chi connectivity index (χ4v) is 3.01. The zero-order valence-corrected chi connectivity index (χ0v) is 14.6. The Morgan fingerprint density at radius 2 is 2.00 bits per heavy atom. The molecule has 0 saturated carbocycles. The first-order valence-electron chi connectivity index (χ1n) is 8.12. The average Bonchev–Trinajstić information content (AvgIpc) is 2.52. The van der Waals surface area contributed by atoms with Gasteiger partial charge in [-0.25, -0.2) is 0 Å². The van der Waals surface area contributed by atoms with E-state index in [4.69, 9.17) is 0 Å². The van der Waals surface area contributed by atoms with Crippen molar-refractivity contribution in [2.24, 2.45) is 0 Å². The summed E-state index contributed by atoms with van der Waals surface area (Å²) in [6, 6.07) is 6.13. The third-order valence-corrected chi connectivity index (χ3v) is 3.95. The number of anilines is 1. The lowest BCUT2D eigenvalue weighted by atomic mass is 9.95. The summed E-state index contributed by atoms with van der Waals surface area (Å²) in [6.07, 6.45) is 7.50. The summed E-state index contributed by atoms with van der Waals surface area (Å²) in [5, 5.41) is 2.78. The van der Waals surface area contributed by atoms with Crippen LogP contribution in [-0.2, 0) is 16.0 Å². The number of aryl methyl sites for hydroxylation is 1. The lowest BCUT2D eigenvalue weighted by Crippen LogP contribution is -2.33. The molecule has 2 amide bonds. The lowest BCUT2D eigenvalue weighted by molar-refractivity contribution is -0.118. The summed E-state index contributed by atoms with van der Waals surface area (Å²) >= 11 is 0. The van der Waals surface area contributed by atoms with Crippen LogP contribution in [0.2, 0.25) is 0 Å². The Morgan fingerprint density at radius 1 is 1.25 bits per heavy atom. The number of nitrogens with one attached hydrogen (secondary N) is 1. The van der Waals surface area contributed by atoms with E-state index in [1.165, 1.54) is 12.5 Å². The first-order chi connectivity index (χ1) is 11.4. The van der Waals surface area contributed by atoms with Gasteiger partial charge in [0.15, 0.2) is 0 Å². The number of allylic oxidation sites excluding steroid dienone is 5. The molecule has 0 bridgehead atoms. The zero-order valence-electron chi connectivity index (χ0n) is 14.6. The Bertz CT molecular complexity index is 729. The van der Waals surface area contributed by atoms with Gasteiger partial charge in [-0.3, -0.25) is 9.59 Å². The second kappa shape index (κ2) is 7.77. The van der Waals surface area contributed by atoms with Crippen LogP contribution in [0.5, 0.6) is 0 Å². The van der Waals surface area contributed by atoms with Crippen LogP contribution in [0.1, 0.15) is 38.3 Å². The van der Waals surface area contributed by atoms with E-state index in [2.05, 4.69) is 18.0 Å². The van der Waals surface area contributed by atoms with Crippen molar-refractivity contribution in [3.63, 3.8) is 0 Å². The highest BCUT2D eigenvalue weighted by atomic mass is 16.2. The van der Waals surface area contributed by atoms with Crippen LogP contribution in [0.3, 0.4) is 0 Å². The van der Waals surface area contributed by atoms with Crippen LogP contribution in [0.4, 0.5) is 5.69 Å². The monoisotopic (exact) mass is 324 g/mol. The van der Waals surface area contributed by atoms with E-state index < -0.39 is 0 Å². The van der Waals surface area contributed by atoms with E-state index in [0.29, 0.717) is 0 Å². The number of hydrogen-bond acceptors (Lipinski definition) is 2. The molecule has 1 heterocycles. The highest BCUT2D eigenvalue weighted by molar-refractivity contribution is 5.93. The molecule has 4 heteroatoms. The van der Waals surface area contributed by atoms with Gasteiger partial charge >= 0.3 is 0 Å². The quantitative estimate of drug-likeness (QED) is 0.860. The van der Waals surface area contributed by atoms with Crippen molar-refractivity contribution in [2.75, 3.05) is 11.4 Å². The van der Waals surface area contributed by atoms with Crippen LogP contribution in [-0.4, -0.2) is 18.4 Å². The summed E-state index contributed by atoms with van der Waals surface area (Å²) in [4.78, 5) is 24.8. The largest absolute Gasteiger partial charge is 0.330 e. The van der Waals surface area contributed by atoms with Gasteiger partial charge in [-0.1, -0.05) is 24.8 Å². The number of amides is 2. The Hall–Kier alpha value is -2.62. The standard InChI is InChI=1S/C20H24N2O2/c1-5-7-17(12-14(2)21-15(3)23)18-9-10-20-19(13-18)8-6-11-22(20)16(4)24/h5,7,9-10,12-13H,1,6,8,11H2,2-4H3,(H,21,23)/b14-12+,17-7+. The van der Waals surface area contributed by atoms with E-state index in [0.717, 1.165) is 41.9 Å². The summed E-state index contributed by atoms with van der Waals surface area (Å²) in [5.41, 5.74) is 4.97. The third-order valence-electron chi connectivity index (χ3n) is 3.95. The van der Waals surface area contributed by atoms with Gasteiger partial charge in [0, 0.05) is 31.8 Å². The molecule has 0 unspecified atom stereocenters. The fourth-order valence-electron chi connectivity index (χ4n) is 3.01. The first kappa shape index (κ1) is 17.7. The molecule has 2 rings (SSSR count). The van der Waals surface area contributed by atoms with Gasteiger partial charge in [0.05, 0.1) is 0 Å². The topological polar surface area (TPSA) is 49.4 Å². The molecule has 0 saturated heterocycles. The molecule has 126 valence electrons. The number of carbonyl (C=O) groups is 2. The van der Waals surface area contributed by atoms with Gasteiger partial charge in [0.25, 0.3) is 0 Å². The second-order valence-electron chi connectivity index (χ2n) is 5.98. The van der Waals surface area contributed by atoms with Gasteiger partial charge in [-0.2, -0.15) is 0 Å². The molecular weight excluding hydrogens is 300 g/mol. The Labute approximate surface area is 143 Å². The van der Waals surface area contributed by atoms with Crippen molar-refractivity contribution in [3.8, 4) is 0 Å². The van der Waals surface area contributed by atoms with Crippen LogP contribution < -0.4 is 10.2 Å². The Morgan fingerprint density at radius 3 is 2.62 bits per heavy atom. The molecule has 0 aromatic heterocycles. The zero-order chi connectivity index (χ0) is 17.7. The van der Waals surface area contributed by atoms with Gasteiger partial charge in [0.2, 0.25) is 11.8 Å². The normalized spacial score (nSPS) is 14.9. The van der Waals surface area contributed by atoms with E-state index in [-0.39, 0.29) is 11.8 Å². The predicted molar refractivity (Wildman–Crippen MR) is 98.5 cm³/mol. The van der Waals surface area contributed by atoms with Gasteiger partial charge in [-0.15, -0.1) is 0 Å². The van der Waals surface area contributed by atoms with Crippen molar-refractivity contribution in [1.82, 2.24) is 5.32 Å². The number of benzene rings is 1. The Kier molecular flexibility index (Phi) is 5.74. The number of fused-ring (bicyclic) bond motifs is 1. The van der Waals surface area contributed by atoms with Gasteiger partial charge in [-0.05, 0) is 54.7 Å². The van der Waals surface area contributed by atoms with Crippen LogP contribution in [0.25, 0.3) is 5.57 Å². The van der Waals surface area contributed by atoms with Gasteiger partial charge in [0.1, 0.15) is 0 Å². The number of rotatable bonds is 4. The van der Waals surface area contributed by atoms with E-state index in [1.54, 1.807) is 13.0 Å². The molecule has 0 fully saturated rings. The fraction of sp³-hybridized carbons (Fsp3) is 0.300. The molecule has 1 aliphatic rings. The minimum atomic E-state index is -0.0933. The van der Waals surface area contributed by atoms with Crippen molar-refractivity contribution >= 4 is 23.1 Å². The third kappa shape index (κ3) is 4.22. The molecule has 0 radical (unpaired) electrons. The van der Waals surface area contributed by atoms with Gasteiger partial charge < -0.3 is 10.2 Å². The molecule has 1 aromatic carbocycles. The number of hydrogen-bond donors (Lipinski definition) is 1. The molecule has 4 nitrogen and oxygen atoms in total.